The van der Waals surface area contributed by atoms with Crippen molar-refractivity contribution in [3.8, 4) is 0 Å². The van der Waals surface area contributed by atoms with Crippen LogP contribution in [0.15, 0.2) is 30.5 Å². The van der Waals surface area contributed by atoms with Crippen LogP contribution in [-0.2, 0) is 19.9 Å². The molecule has 4 nitrogen and oxygen atoms in total. The molecule has 0 bridgehead atoms. The molecular formula is C15H19N3O. The summed E-state index contributed by atoms with van der Waals surface area (Å²) in [4.78, 5) is 12.3. The van der Waals surface area contributed by atoms with Gasteiger partial charge in [0.05, 0.1) is 0 Å². The molecule has 0 fully saturated rings. The fraction of sp³-hybridized carbons (Fsp3) is 0.333. The predicted molar refractivity (Wildman–Crippen MR) is 76.4 cm³/mol. The number of hydrogen-bond acceptors (Lipinski definition) is 2. The summed E-state index contributed by atoms with van der Waals surface area (Å²) in [5.74, 6) is -0.115. The second-order valence-corrected chi connectivity index (χ2v) is 4.45. The molecule has 1 aromatic heterocycles. The van der Waals surface area contributed by atoms with E-state index in [-0.39, 0.29) is 5.91 Å². The first-order valence-corrected chi connectivity index (χ1v) is 6.57. The van der Waals surface area contributed by atoms with E-state index in [1.165, 1.54) is 0 Å². The van der Waals surface area contributed by atoms with Gasteiger partial charge in [-0.3, -0.25) is 9.48 Å². The summed E-state index contributed by atoms with van der Waals surface area (Å²) < 4.78 is 1.58. The van der Waals surface area contributed by atoms with E-state index in [0.717, 1.165) is 29.7 Å². The predicted octanol–water partition coefficient (Wildman–Crippen LogP) is 2.80. The number of anilines is 1. The quantitative estimate of drug-likeness (QED) is 0.915. The number of nitrogens with zero attached hydrogens (tertiary/aromatic N) is 2. The van der Waals surface area contributed by atoms with E-state index in [0.29, 0.717) is 5.69 Å². The van der Waals surface area contributed by atoms with Crippen LogP contribution in [-0.4, -0.2) is 15.7 Å². The highest BCUT2D eigenvalue weighted by atomic mass is 16.2. The third kappa shape index (κ3) is 2.67. The average Bonchev–Trinajstić information content (AvgIpc) is 2.85. The lowest BCUT2D eigenvalue weighted by molar-refractivity contribution is 0.101. The third-order valence-electron chi connectivity index (χ3n) is 3.29. The molecule has 100 valence electrons. The molecule has 0 aliphatic rings. The van der Waals surface area contributed by atoms with Gasteiger partial charge in [-0.05, 0) is 30.0 Å². The molecule has 2 rings (SSSR count). The van der Waals surface area contributed by atoms with Gasteiger partial charge in [-0.1, -0.05) is 32.0 Å². The molecule has 0 atom stereocenters. The minimum Gasteiger partial charge on any atom is -0.320 e. The van der Waals surface area contributed by atoms with Gasteiger partial charge in [0.15, 0.2) is 0 Å². The van der Waals surface area contributed by atoms with Gasteiger partial charge in [-0.15, -0.1) is 0 Å². The number of carbonyl (C=O) groups excluding carboxylic acids is 1. The van der Waals surface area contributed by atoms with Crippen molar-refractivity contribution in [1.82, 2.24) is 9.78 Å². The van der Waals surface area contributed by atoms with Crippen LogP contribution in [0.2, 0.25) is 0 Å². The zero-order valence-electron chi connectivity index (χ0n) is 11.6. The van der Waals surface area contributed by atoms with Crippen molar-refractivity contribution in [3.05, 3.63) is 47.3 Å². The molecule has 4 heteroatoms. The molecule has 1 N–H and O–H groups in total. The van der Waals surface area contributed by atoms with Crippen LogP contribution in [0.25, 0.3) is 0 Å². The van der Waals surface area contributed by atoms with Crippen LogP contribution in [0.5, 0.6) is 0 Å². The van der Waals surface area contributed by atoms with Gasteiger partial charge in [-0.2, -0.15) is 5.10 Å². The zero-order chi connectivity index (χ0) is 13.8. The molecule has 2 aromatic rings. The fourth-order valence-corrected chi connectivity index (χ4v) is 2.18. The van der Waals surface area contributed by atoms with E-state index in [4.69, 9.17) is 0 Å². The van der Waals surface area contributed by atoms with Gasteiger partial charge in [0.2, 0.25) is 0 Å². The Bertz CT molecular complexity index is 565. The maximum atomic E-state index is 12.3. The lowest BCUT2D eigenvalue weighted by Gasteiger charge is -2.14. The van der Waals surface area contributed by atoms with E-state index in [1.807, 2.05) is 6.07 Å². The van der Waals surface area contributed by atoms with Gasteiger partial charge < -0.3 is 5.32 Å². The summed E-state index contributed by atoms with van der Waals surface area (Å²) in [6.07, 6.45) is 3.42. The highest BCUT2D eigenvalue weighted by molar-refractivity contribution is 6.03. The monoisotopic (exact) mass is 257 g/mol. The number of benzene rings is 1. The summed E-state index contributed by atoms with van der Waals surface area (Å²) in [5.41, 5.74) is 3.83. The van der Waals surface area contributed by atoms with Gasteiger partial charge >= 0.3 is 0 Å². The van der Waals surface area contributed by atoms with Crippen LogP contribution in [0, 0.1) is 0 Å². The molecule has 0 spiro atoms. The fourth-order valence-electron chi connectivity index (χ4n) is 2.18. The molecule has 0 saturated heterocycles. The minimum atomic E-state index is -0.115. The molecule has 0 saturated carbocycles. The Morgan fingerprint density at radius 1 is 1.21 bits per heavy atom. The number of rotatable bonds is 4. The Kier molecular flexibility index (Phi) is 4.00. The Hall–Kier alpha value is -2.10. The average molecular weight is 257 g/mol. The SMILES string of the molecule is CCc1cccc(CC)c1NC(=O)c1ccnn1C. The molecular weight excluding hydrogens is 238 g/mol. The lowest BCUT2D eigenvalue weighted by Crippen LogP contribution is -2.18. The molecule has 19 heavy (non-hydrogen) atoms. The number of aromatic nitrogens is 2. The highest BCUT2D eigenvalue weighted by Gasteiger charge is 2.13. The first-order chi connectivity index (χ1) is 9.17. The van der Waals surface area contributed by atoms with Crippen molar-refractivity contribution in [2.45, 2.75) is 26.7 Å². The number of hydrogen-bond donors (Lipinski definition) is 1. The van der Waals surface area contributed by atoms with E-state index >= 15 is 0 Å². The summed E-state index contributed by atoms with van der Waals surface area (Å²) >= 11 is 0. The number of para-hydroxylation sites is 1. The van der Waals surface area contributed by atoms with E-state index in [1.54, 1.807) is 24.0 Å². The molecule has 1 amide bonds. The summed E-state index contributed by atoms with van der Waals surface area (Å²) in [7, 11) is 1.77. The van der Waals surface area contributed by atoms with E-state index in [9.17, 15) is 4.79 Å². The van der Waals surface area contributed by atoms with Crippen molar-refractivity contribution >= 4 is 11.6 Å². The Morgan fingerprint density at radius 2 is 1.84 bits per heavy atom. The number of carbonyl (C=O) groups is 1. The minimum absolute atomic E-state index is 0.115. The number of amides is 1. The summed E-state index contributed by atoms with van der Waals surface area (Å²) in [6, 6.07) is 7.86. The van der Waals surface area contributed by atoms with Crippen LogP contribution < -0.4 is 5.32 Å². The van der Waals surface area contributed by atoms with Gasteiger partial charge in [-0.25, -0.2) is 0 Å². The Balaban J connectivity index is 2.33. The maximum absolute atomic E-state index is 12.3. The zero-order valence-corrected chi connectivity index (χ0v) is 11.6. The second kappa shape index (κ2) is 5.69. The van der Waals surface area contributed by atoms with Crippen LogP contribution in [0.4, 0.5) is 5.69 Å². The maximum Gasteiger partial charge on any atom is 0.273 e. The highest BCUT2D eigenvalue weighted by Crippen LogP contribution is 2.23. The Labute approximate surface area is 113 Å². The van der Waals surface area contributed by atoms with Crippen LogP contribution in [0.3, 0.4) is 0 Å². The van der Waals surface area contributed by atoms with Crippen LogP contribution in [0.1, 0.15) is 35.5 Å². The normalized spacial score (nSPS) is 10.5. The first kappa shape index (κ1) is 13.3. The third-order valence-corrected chi connectivity index (χ3v) is 3.29. The lowest BCUT2D eigenvalue weighted by atomic mass is 10.0. The Morgan fingerprint density at radius 3 is 2.32 bits per heavy atom. The van der Waals surface area contributed by atoms with Gasteiger partial charge in [0, 0.05) is 18.9 Å². The molecule has 0 radical (unpaired) electrons. The molecule has 0 aliphatic heterocycles. The van der Waals surface area contributed by atoms with Gasteiger partial charge in [0.25, 0.3) is 5.91 Å². The summed E-state index contributed by atoms with van der Waals surface area (Å²) in [5, 5.41) is 7.04. The van der Waals surface area contributed by atoms with E-state index < -0.39 is 0 Å². The molecule has 0 aliphatic carbocycles. The molecule has 1 aromatic carbocycles. The number of nitrogens with one attached hydrogen (secondary N) is 1. The first-order valence-electron chi connectivity index (χ1n) is 6.57. The number of aryl methyl sites for hydroxylation is 3. The smallest absolute Gasteiger partial charge is 0.273 e. The standard InChI is InChI=1S/C15H19N3O/c1-4-11-7-6-8-12(5-2)14(11)17-15(19)13-9-10-16-18(13)3/h6-10H,4-5H2,1-3H3,(H,17,19). The van der Waals surface area contributed by atoms with Crippen molar-refractivity contribution in [2.24, 2.45) is 7.05 Å². The molecule has 0 unspecified atom stereocenters. The van der Waals surface area contributed by atoms with Gasteiger partial charge in [0.1, 0.15) is 5.69 Å². The molecule has 1 heterocycles. The summed E-state index contributed by atoms with van der Waals surface area (Å²) in [6.45, 7) is 4.18. The largest absolute Gasteiger partial charge is 0.320 e. The van der Waals surface area contributed by atoms with E-state index in [2.05, 4.69) is 36.4 Å². The topological polar surface area (TPSA) is 46.9 Å². The van der Waals surface area contributed by atoms with Crippen molar-refractivity contribution in [3.63, 3.8) is 0 Å². The van der Waals surface area contributed by atoms with Crippen molar-refractivity contribution in [1.29, 1.82) is 0 Å². The van der Waals surface area contributed by atoms with Crippen LogP contribution >= 0.6 is 0 Å². The van der Waals surface area contributed by atoms with Crippen molar-refractivity contribution < 1.29 is 4.79 Å². The second-order valence-electron chi connectivity index (χ2n) is 4.45. The van der Waals surface area contributed by atoms with Crippen molar-refractivity contribution in [2.75, 3.05) is 5.32 Å².